The molecule has 0 bridgehead atoms. The molecule has 0 radical (unpaired) electrons. The number of halogens is 4. The number of carbonyl (C=O) groups is 1. The van der Waals surface area contributed by atoms with E-state index in [0.29, 0.717) is 0 Å². The number of hydrogen-bond donors (Lipinski definition) is 0. The zero-order valence-corrected chi connectivity index (χ0v) is 11.9. The second-order valence-corrected chi connectivity index (χ2v) is 3.03. The number of nitrogens with zero attached hydrogens (tertiary/aromatic N) is 1. The van der Waals surface area contributed by atoms with Gasteiger partial charge >= 0.3 is 58.4 Å². The maximum absolute atomic E-state index is 12.0. The van der Waals surface area contributed by atoms with E-state index >= 15 is 0 Å². The van der Waals surface area contributed by atoms with Gasteiger partial charge in [-0.25, -0.2) is 4.98 Å². The van der Waals surface area contributed by atoms with Crippen molar-refractivity contribution in [2.75, 3.05) is 0 Å². The van der Waals surface area contributed by atoms with Crippen molar-refractivity contribution in [3.05, 3.63) is 28.5 Å². The third-order valence-corrected chi connectivity index (χ3v) is 1.95. The van der Waals surface area contributed by atoms with Gasteiger partial charge < -0.3 is 17.7 Å². The molecule has 0 aliphatic heterocycles. The van der Waals surface area contributed by atoms with Gasteiger partial charge in [-0.2, -0.15) is 0 Å². The van der Waals surface area contributed by atoms with Crippen LogP contribution >= 0.6 is 15.9 Å². The smallest absolute Gasteiger partial charge is 0.443 e. The number of aromatic nitrogens is 1. The van der Waals surface area contributed by atoms with Gasteiger partial charge in [0.1, 0.15) is 10.3 Å². The Morgan fingerprint density at radius 1 is 1.43 bits per heavy atom. The minimum absolute atomic E-state index is 0. The van der Waals surface area contributed by atoms with E-state index in [2.05, 4.69) is 20.9 Å². The van der Waals surface area contributed by atoms with Gasteiger partial charge in [0.05, 0.1) is 0 Å². The summed E-state index contributed by atoms with van der Waals surface area (Å²) in [5, 5.41) is 0. The van der Waals surface area contributed by atoms with Crippen molar-refractivity contribution in [3.63, 3.8) is 0 Å². The molecule has 70 valence electrons. The summed E-state index contributed by atoms with van der Waals surface area (Å²) in [7, 11) is 0. The molecule has 0 amide bonds. The molecule has 2 nitrogen and oxygen atoms in total. The van der Waals surface area contributed by atoms with Crippen molar-refractivity contribution in [3.8, 4) is 0 Å². The molecule has 14 heavy (non-hydrogen) atoms. The van der Waals surface area contributed by atoms with Crippen LogP contribution in [0, 0.1) is 0 Å². The van der Waals surface area contributed by atoms with Crippen molar-refractivity contribution >= 4 is 28.6 Å². The molecule has 0 fully saturated rings. The number of hydrogen-bond acceptors (Lipinski definition) is 2. The molecule has 0 spiro atoms. The Morgan fingerprint density at radius 3 is 2.43 bits per heavy atom. The second-order valence-electron chi connectivity index (χ2n) is 2.28. The SMILES string of the molecule is O=C(c1cccnc1Br)[B-](F)(F)F.[K+]. The largest absolute Gasteiger partial charge is 1.00 e. The normalized spacial score (nSPS) is 10.6. The number of carbonyl (C=O) groups excluding carboxylic acids is 1. The molecule has 1 aromatic heterocycles. The van der Waals surface area contributed by atoms with Crippen molar-refractivity contribution in [2.45, 2.75) is 0 Å². The topological polar surface area (TPSA) is 30.0 Å². The Kier molecular flexibility index (Phi) is 6.09. The molecule has 0 unspecified atom stereocenters. The summed E-state index contributed by atoms with van der Waals surface area (Å²) >= 11 is 2.77. The Hall–Kier alpha value is 0.791. The summed E-state index contributed by atoms with van der Waals surface area (Å²) in [6.45, 7) is -5.48. The van der Waals surface area contributed by atoms with Gasteiger partial charge in [0.15, 0.2) is 0 Å². The van der Waals surface area contributed by atoms with E-state index in [1.807, 2.05) is 0 Å². The maximum Gasteiger partial charge on any atom is 1.00 e. The van der Waals surface area contributed by atoms with E-state index < -0.39 is 18.2 Å². The van der Waals surface area contributed by atoms with Crippen LogP contribution in [0.4, 0.5) is 12.9 Å². The van der Waals surface area contributed by atoms with Gasteiger partial charge in [0.25, 0.3) is 0 Å². The fourth-order valence-corrected chi connectivity index (χ4v) is 1.19. The minimum atomic E-state index is -5.48. The predicted octanol–water partition coefficient (Wildman–Crippen LogP) is -0.583. The molecule has 1 aromatic rings. The molecule has 0 saturated carbocycles. The summed E-state index contributed by atoms with van der Waals surface area (Å²) < 4.78 is 35.9. The first-order valence-electron chi connectivity index (χ1n) is 3.27. The third kappa shape index (κ3) is 3.75. The first kappa shape index (κ1) is 14.8. The quantitative estimate of drug-likeness (QED) is 0.539. The van der Waals surface area contributed by atoms with E-state index in [1.165, 1.54) is 12.3 Å². The Labute approximate surface area is 129 Å². The number of rotatable bonds is 2. The van der Waals surface area contributed by atoms with Crippen molar-refractivity contribution < 1.29 is 69.1 Å². The first-order valence-corrected chi connectivity index (χ1v) is 4.07. The summed E-state index contributed by atoms with van der Waals surface area (Å²) in [5.74, 6) is 0. The summed E-state index contributed by atoms with van der Waals surface area (Å²) in [6.07, 6.45) is 1.30. The zero-order valence-electron chi connectivity index (χ0n) is 7.18. The van der Waals surface area contributed by atoms with Gasteiger partial charge in [-0.15, -0.1) is 0 Å². The van der Waals surface area contributed by atoms with Crippen LogP contribution in [-0.2, 0) is 0 Å². The van der Waals surface area contributed by atoms with Crippen molar-refractivity contribution in [1.29, 1.82) is 0 Å². The predicted molar refractivity (Wildman–Crippen MR) is 45.3 cm³/mol. The monoisotopic (exact) mass is 291 g/mol. The molecule has 0 aromatic carbocycles. The molecule has 0 aliphatic rings. The zero-order chi connectivity index (χ0) is 10.1. The molecule has 8 heteroatoms. The van der Waals surface area contributed by atoms with Gasteiger partial charge in [0.2, 0.25) is 0 Å². The molecule has 0 N–H and O–H groups in total. The van der Waals surface area contributed by atoms with E-state index in [9.17, 15) is 17.7 Å². The molecule has 0 aliphatic carbocycles. The Morgan fingerprint density at radius 2 is 2.00 bits per heavy atom. The van der Waals surface area contributed by atoms with Crippen LogP contribution in [0.5, 0.6) is 0 Å². The summed E-state index contributed by atoms with van der Waals surface area (Å²) in [5.41, 5.74) is -2.28. The van der Waals surface area contributed by atoms with Crippen LogP contribution in [0.25, 0.3) is 0 Å². The summed E-state index contributed by atoms with van der Waals surface area (Å²) in [6, 6.07) is 2.36. The fourth-order valence-electron chi connectivity index (χ4n) is 0.746. The van der Waals surface area contributed by atoms with Gasteiger partial charge in [-0.1, -0.05) is 6.07 Å². The maximum atomic E-state index is 12.0. The van der Waals surface area contributed by atoms with Gasteiger partial charge in [0, 0.05) is 11.8 Å². The molecule has 1 rings (SSSR count). The molecule has 0 saturated heterocycles. The first-order chi connectivity index (χ1) is 5.93. The van der Waals surface area contributed by atoms with E-state index in [-0.39, 0.29) is 56.0 Å². The van der Waals surface area contributed by atoms with Crippen LogP contribution in [0.3, 0.4) is 0 Å². The van der Waals surface area contributed by atoms with Crippen LogP contribution in [-0.4, -0.2) is 17.6 Å². The Balaban J connectivity index is 0.00000169. The van der Waals surface area contributed by atoms with Crippen molar-refractivity contribution in [1.82, 2.24) is 4.98 Å². The average molecular weight is 292 g/mol. The standard InChI is InChI=1S/C6H3BBrF3NO.K/c8-6-4(2-1-3-12-6)5(13)7(9,10)11;/h1-3H;/q-1;+1. The van der Waals surface area contributed by atoms with Crippen LogP contribution in [0.15, 0.2) is 22.9 Å². The number of pyridine rings is 1. The van der Waals surface area contributed by atoms with Crippen LogP contribution < -0.4 is 51.4 Å². The summed E-state index contributed by atoms with van der Waals surface area (Å²) in [4.78, 5) is 14.2. The average Bonchev–Trinajstić information content (AvgIpc) is 2.02. The van der Waals surface area contributed by atoms with E-state index in [0.717, 1.165) is 6.07 Å². The van der Waals surface area contributed by atoms with E-state index in [4.69, 9.17) is 0 Å². The molecule has 1 heterocycles. The van der Waals surface area contributed by atoms with Gasteiger partial charge in [-0.05, 0) is 22.0 Å². The fraction of sp³-hybridized carbons (Fsp3) is 0. The van der Waals surface area contributed by atoms with Crippen LogP contribution in [0.1, 0.15) is 10.4 Å². The Bertz CT molecular complexity index is 346. The minimum Gasteiger partial charge on any atom is -0.443 e. The molecule has 0 atom stereocenters. The van der Waals surface area contributed by atoms with Crippen LogP contribution in [0.2, 0.25) is 0 Å². The molecular weight excluding hydrogens is 289 g/mol. The van der Waals surface area contributed by atoms with Gasteiger partial charge in [-0.3, -0.25) is 0 Å². The molecular formula is C6H3BBrF3KNO. The third-order valence-electron chi connectivity index (χ3n) is 1.32. The second kappa shape index (κ2) is 5.76. The van der Waals surface area contributed by atoms with Crippen molar-refractivity contribution in [2.24, 2.45) is 0 Å². The van der Waals surface area contributed by atoms with E-state index in [1.54, 1.807) is 0 Å².